The van der Waals surface area contributed by atoms with E-state index in [1.807, 2.05) is 60.7 Å². The minimum atomic E-state index is -3.03. The lowest BCUT2D eigenvalue weighted by molar-refractivity contribution is 0.207. The van der Waals surface area contributed by atoms with Crippen molar-refractivity contribution in [1.29, 1.82) is 0 Å². The first-order valence-electron chi connectivity index (χ1n) is 10.0. The van der Waals surface area contributed by atoms with Gasteiger partial charge in [-0.05, 0) is 27.8 Å². The Labute approximate surface area is 172 Å². The molecule has 2 aromatic carbocycles. The van der Waals surface area contributed by atoms with E-state index in [4.69, 9.17) is 0 Å². The zero-order valence-corrected chi connectivity index (χ0v) is 19.9. The molecular formula is C24H34O2Si2. The molecule has 1 atom stereocenters. The molecule has 0 amide bonds. The predicted molar refractivity (Wildman–Crippen MR) is 125 cm³/mol. The van der Waals surface area contributed by atoms with E-state index in [0.29, 0.717) is 6.42 Å². The van der Waals surface area contributed by atoms with E-state index in [9.17, 15) is 9.90 Å². The summed E-state index contributed by atoms with van der Waals surface area (Å²) >= 11 is 0. The van der Waals surface area contributed by atoms with Crippen molar-refractivity contribution >= 4 is 26.8 Å². The molecule has 0 aliphatic carbocycles. The quantitative estimate of drug-likeness (QED) is 0.538. The molecule has 0 bridgehead atoms. The fourth-order valence-corrected chi connectivity index (χ4v) is 8.30. The van der Waals surface area contributed by atoms with Crippen molar-refractivity contribution in [1.82, 2.24) is 0 Å². The molecule has 0 aliphatic heterocycles. The molecule has 2 N–H and O–H groups in total. The van der Waals surface area contributed by atoms with Gasteiger partial charge in [0.15, 0.2) is 0 Å². The summed E-state index contributed by atoms with van der Waals surface area (Å²) in [6.07, 6.45) is 1.41. The maximum Gasteiger partial charge on any atom is 0.258 e. The Morgan fingerprint density at radius 2 is 1.36 bits per heavy atom. The van der Waals surface area contributed by atoms with E-state index in [0.717, 1.165) is 16.8 Å². The smallest absolute Gasteiger partial charge is 0.258 e. The predicted octanol–water partition coefficient (Wildman–Crippen LogP) is 3.79. The molecule has 0 aliphatic rings. The van der Waals surface area contributed by atoms with Crippen LogP contribution in [0.5, 0.6) is 0 Å². The molecule has 2 aromatic rings. The van der Waals surface area contributed by atoms with Crippen LogP contribution in [0.3, 0.4) is 0 Å². The molecule has 0 fully saturated rings. The zero-order chi connectivity index (χ0) is 20.8. The van der Waals surface area contributed by atoms with Gasteiger partial charge in [-0.2, -0.15) is 0 Å². The van der Waals surface area contributed by atoms with Crippen LogP contribution in [0.2, 0.25) is 24.7 Å². The van der Waals surface area contributed by atoms with Crippen molar-refractivity contribution in [2.24, 2.45) is 5.92 Å². The van der Waals surface area contributed by atoms with E-state index in [1.54, 1.807) is 0 Å². The van der Waals surface area contributed by atoms with Gasteiger partial charge < -0.3 is 9.90 Å². The minimum absolute atomic E-state index is 0.0605. The summed E-state index contributed by atoms with van der Waals surface area (Å²) in [6, 6.07) is 20.1. The normalized spacial score (nSPS) is 13.5. The molecular weight excluding hydrogens is 376 g/mol. The molecule has 28 heavy (non-hydrogen) atoms. The maximum atomic E-state index is 12.2. The van der Waals surface area contributed by atoms with Crippen molar-refractivity contribution in [3.05, 3.63) is 60.7 Å². The Hall–Kier alpha value is -1.65. The van der Waals surface area contributed by atoms with Crippen LogP contribution in [0.1, 0.15) is 26.7 Å². The molecule has 150 valence electrons. The van der Waals surface area contributed by atoms with Gasteiger partial charge in [-0.15, -0.1) is 11.5 Å². The van der Waals surface area contributed by atoms with Crippen LogP contribution in [-0.4, -0.2) is 32.9 Å². The highest BCUT2D eigenvalue weighted by Crippen LogP contribution is 2.41. The van der Waals surface area contributed by atoms with Crippen LogP contribution in [0, 0.1) is 17.4 Å². The number of benzene rings is 2. The average Bonchev–Trinajstić information content (AvgIpc) is 2.66. The summed E-state index contributed by atoms with van der Waals surface area (Å²) in [5.74, 6) is 3.38. The maximum absolute atomic E-state index is 12.2. The summed E-state index contributed by atoms with van der Waals surface area (Å²) in [6.45, 7) is 11.1. The van der Waals surface area contributed by atoms with Crippen LogP contribution in [0.15, 0.2) is 60.7 Å². The third-order valence-corrected chi connectivity index (χ3v) is 10.7. The summed E-state index contributed by atoms with van der Waals surface area (Å²) in [4.78, 5) is 12.2. The van der Waals surface area contributed by atoms with E-state index in [-0.39, 0.29) is 17.6 Å². The van der Waals surface area contributed by atoms with Gasteiger partial charge in [-0.1, -0.05) is 94.2 Å². The summed E-state index contributed by atoms with van der Waals surface area (Å²) in [5, 5.41) is 11.7. The molecule has 0 heterocycles. The number of aliphatic hydroxyl groups is 1. The van der Waals surface area contributed by atoms with Crippen LogP contribution in [0.4, 0.5) is 0 Å². The van der Waals surface area contributed by atoms with Crippen LogP contribution < -0.4 is 10.4 Å². The Kier molecular flexibility index (Phi) is 7.47. The van der Waals surface area contributed by atoms with Crippen molar-refractivity contribution in [3.63, 3.8) is 0 Å². The van der Waals surface area contributed by atoms with Gasteiger partial charge in [-0.25, -0.2) is 0 Å². The first-order chi connectivity index (χ1) is 13.1. The summed E-state index contributed by atoms with van der Waals surface area (Å²) in [7, 11) is -4.46. The summed E-state index contributed by atoms with van der Waals surface area (Å²) < 4.78 is 0. The highest BCUT2D eigenvalue weighted by Gasteiger charge is 2.50. The van der Waals surface area contributed by atoms with E-state index in [1.165, 1.54) is 0 Å². The van der Waals surface area contributed by atoms with Crippen LogP contribution >= 0.6 is 0 Å². The molecule has 4 heteroatoms. The second-order valence-electron chi connectivity index (χ2n) is 9.33. The first-order valence-corrected chi connectivity index (χ1v) is 15.5. The lowest BCUT2D eigenvalue weighted by Gasteiger charge is -2.42. The Morgan fingerprint density at radius 3 is 1.75 bits per heavy atom. The zero-order valence-electron chi connectivity index (χ0n) is 17.9. The lowest BCUT2D eigenvalue weighted by atomic mass is 9.94. The molecule has 2 rings (SSSR count). The largest absolute Gasteiger partial charge is 0.424 e. The third-order valence-electron chi connectivity index (χ3n) is 5.27. The van der Waals surface area contributed by atoms with Gasteiger partial charge in [0, 0.05) is 13.0 Å². The number of hydrogen-bond donors (Lipinski definition) is 2. The van der Waals surface area contributed by atoms with Gasteiger partial charge in [0.25, 0.3) is 8.32 Å². The molecule has 2 nitrogen and oxygen atoms in total. The standard InChI is InChI=1S/C24H34O2Si2/c1-24(2,19-21(20-25)13-12-18-27(3,4)5)28(26,22-14-8-6-9-15-22)23-16-10-7-11-17-23/h6-11,14-17,21,25-26H,13,19-20H2,1-5H3/t21-/m0/s1. The van der Waals surface area contributed by atoms with Crippen molar-refractivity contribution < 1.29 is 9.90 Å². The Morgan fingerprint density at radius 1 is 0.893 bits per heavy atom. The summed E-state index contributed by atoms with van der Waals surface area (Å²) in [5.41, 5.74) is 3.40. The molecule has 0 saturated heterocycles. The second-order valence-corrected chi connectivity index (χ2v) is 18.0. The van der Waals surface area contributed by atoms with Gasteiger partial charge in [0.05, 0.1) is 0 Å². The number of rotatable bonds is 7. The molecule has 0 aromatic heterocycles. The van der Waals surface area contributed by atoms with Crippen molar-refractivity contribution in [3.8, 4) is 11.5 Å². The first kappa shape index (κ1) is 22.6. The van der Waals surface area contributed by atoms with Crippen LogP contribution in [0.25, 0.3) is 0 Å². The third kappa shape index (κ3) is 5.45. The van der Waals surface area contributed by atoms with E-state index >= 15 is 0 Å². The highest BCUT2D eigenvalue weighted by atomic mass is 28.4. The number of aliphatic hydroxyl groups excluding tert-OH is 1. The Balaban J connectivity index is 2.39. The highest BCUT2D eigenvalue weighted by molar-refractivity contribution is 6.98. The van der Waals surface area contributed by atoms with Crippen LogP contribution in [-0.2, 0) is 0 Å². The second kappa shape index (κ2) is 9.23. The van der Waals surface area contributed by atoms with E-state index < -0.39 is 16.4 Å². The van der Waals surface area contributed by atoms with Gasteiger partial charge in [-0.3, -0.25) is 0 Å². The molecule has 0 saturated carbocycles. The molecule has 0 radical (unpaired) electrons. The van der Waals surface area contributed by atoms with Gasteiger partial charge >= 0.3 is 0 Å². The fourth-order valence-electron chi connectivity index (χ4n) is 3.84. The minimum Gasteiger partial charge on any atom is -0.424 e. The lowest BCUT2D eigenvalue weighted by Crippen LogP contribution is -2.65. The van der Waals surface area contributed by atoms with E-state index in [2.05, 4.69) is 45.0 Å². The average molecular weight is 411 g/mol. The van der Waals surface area contributed by atoms with Crippen molar-refractivity contribution in [2.45, 2.75) is 51.4 Å². The van der Waals surface area contributed by atoms with Gasteiger partial charge in [0.2, 0.25) is 0 Å². The number of hydrogen-bond acceptors (Lipinski definition) is 2. The van der Waals surface area contributed by atoms with Gasteiger partial charge in [0.1, 0.15) is 8.07 Å². The Bertz CT molecular complexity index is 760. The SMILES string of the molecule is CC(C)(C[C@@H](CO)CC#C[Si](C)(C)C)[Si](O)(c1ccccc1)c1ccccc1. The molecule has 0 unspecified atom stereocenters. The molecule has 0 spiro atoms. The fraction of sp³-hybridized carbons (Fsp3) is 0.417. The topological polar surface area (TPSA) is 40.5 Å². The monoisotopic (exact) mass is 410 g/mol. The van der Waals surface area contributed by atoms with Crippen molar-refractivity contribution in [2.75, 3.05) is 6.61 Å².